The minimum atomic E-state index is -0.810. The fourth-order valence-corrected chi connectivity index (χ4v) is 2.08. The van der Waals surface area contributed by atoms with Crippen molar-refractivity contribution in [1.82, 2.24) is 0 Å². The largest absolute Gasteiger partial charge is 0.508 e. The number of carboxylic acid groups (broad SMARTS) is 1. The lowest BCUT2D eigenvalue weighted by Gasteiger charge is -2.10. The summed E-state index contributed by atoms with van der Waals surface area (Å²) in [7, 11) is 0. The number of carbonyl (C=O) groups is 1. The van der Waals surface area contributed by atoms with Gasteiger partial charge in [-0.05, 0) is 36.6 Å². The molecule has 0 aromatic heterocycles. The molecule has 2 rings (SSSR count). The van der Waals surface area contributed by atoms with E-state index >= 15 is 0 Å². The highest BCUT2D eigenvalue weighted by atomic mass is 79.9. The van der Waals surface area contributed by atoms with Gasteiger partial charge in [0, 0.05) is 4.47 Å². The van der Waals surface area contributed by atoms with Gasteiger partial charge in [-0.3, -0.25) is 4.79 Å². The zero-order valence-corrected chi connectivity index (χ0v) is 8.91. The molecule has 0 saturated heterocycles. The molecule has 0 radical (unpaired) electrons. The summed E-state index contributed by atoms with van der Waals surface area (Å²) >= 11 is 3.23. The molecule has 0 aliphatic heterocycles. The predicted octanol–water partition coefficient (Wildman–Crippen LogP) is 2.27. The molecule has 3 nitrogen and oxygen atoms in total. The van der Waals surface area contributed by atoms with E-state index in [4.69, 9.17) is 5.11 Å². The lowest BCUT2D eigenvalue weighted by molar-refractivity contribution is -0.140. The van der Waals surface area contributed by atoms with Crippen LogP contribution < -0.4 is 0 Å². The molecular formula is C10H9BrO3. The maximum absolute atomic E-state index is 11.0. The SMILES string of the molecule is O=C(O)C1(c2cc(O)cc(Br)c2)CC1. The number of hydrogen-bond acceptors (Lipinski definition) is 2. The first-order valence-electron chi connectivity index (χ1n) is 4.28. The molecule has 1 aromatic carbocycles. The van der Waals surface area contributed by atoms with Gasteiger partial charge in [0.05, 0.1) is 5.41 Å². The van der Waals surface area contributed by atoms with Crippen molar-refractivity contribution in [2.24, 2.45) is 0 Å². The number of carboxylic acids is 1. The fourth-order valence-electron chi connectivity index (χ4n) is 1.60. The van der Waals surface area contributed by atoms with E-state index in [-0.39, 0.29) is 5.75 Å². The fraction of sp³-hybridized carbons (Fsp3) is 0.300. The van der Waals surface area contributed by atoms with Crippen LogP contribution in [0.1, 0.15) is 18.4 Å². The first-order chi connectivity index (χ1) is 6.54. The van der Waals surface area contributed by atoms with Gasteiger partial charge in [0.25, 0.3) is 0 Å². The molecule has 1 aliphatic carbocycles. The van der Waals surface area contributed by atoms with Gasteiger partial charge in [-0.2, -0.15) is 0 Å². The number of phenolic OH excluding ortho intramolecular Hbond substituents is 1. The van der Waals surface area contributed by atoms with Gasteiger partial charge < -0.3 is 10.2 Å². The van der Waals surface area contributed by atoms with Crippen molar-refractivity contribution in [2.45, 2.75) is 18.3 Å². The number of halogens is 1. The maximum Gasteiger partial charge on any atom is 0.314 e. The van der Waals surface area contributed by atoms with Crippen LogP contribution in [-0.2, 0) is 10.2 Å². The topological polar surface area (TPSA) is 57.5 Å². The number of hydrogen-bond donors (Lipinski definition) is 2. The Bertz CT molecular complexity index is 376. The highest BCUT2D eigenvalue weighted by Crippen LogP contribution is 2.49. The van der Waals surface area contributed by atoms with Crippen molar-refractivity contribution in [3.8, 4) is 5.75 Å². The van der Waals surface area contributed by atoms with Crippen molar-refractivity contribution in [2.75, 3.05) is 0 Å². The van der Waals surface area contributed by atoms with E-state index in [0.717, 1.165) is 0 Å². The second kappa shape index (κ2) is 2.98. The van der Waals surface area contributed by atoms with Crippen molar-refractivity contribution in [3.05, 3.63) is 28.2 Å². The number of aliphatic carboxylic acids is 1. The minimum Gasteiger partial charge on any atom is -0.508 e. The molecule has 0 bridgehead atoms. The number of aromatic hydroxyl groups is 1. The number of rotatable bonds is 2. The Morgan fingerprint density at radius 3 is 2.43 bits per heavy atom. The molecule has 0 heterocycles. The highest BCUT2D eigenvalue weighted by Gasteiger charge is 2.51. The van der Waals surface area contributed by atoms with Gasteiger partial charge >= 0.3 is 5.97 Å². The third-order valence-electron chi connectivity index (χ3n) is 2.59. The third-order valence-corrected chi connectivity index (χ3v) is 3.05. The van der Waals surface area contributed by atoms with Gasteiger partial charge in [-0.15, -0.1) is 0 Å². The summed E-state index contributed by atoms with van der Waals surface area (Å²) in [5.41, 5.74) is -0.0711. The van der Waals surface area contributed by atoms with Crippen LogP contribution in [0.5, 0.6) is 5.75 Å². The third kappa shape index (κ3) is 1.39. The van der Waals surface area contributed by atoms with E-state index in [0.29, 0.717) is 22.9 Å². The van der Waals surface area contributed by atoms with Crippen LogP contribution in [0.4, 0.5) is 0 Å². The van der Waals surface area contributed by atoms with Crippen LogP contribution in [0.25, 0.3) is 0 Å². The van der Waals surface area contributed by atoms with Gasteiger partial charge in [-0.25, -0.2) is 0 Å². The summed E-state index contributed by atoms with van der Waals surface area (Å²) in [5.74, 6) is -0.711. The predicted molar refractivity (Wildman–Crippen MR) is 54.4 cm³/mol. The molecule has 0 amide bonds. The molecule has 0 unspecified atom stereocenters. The minimum absolute atomic E-state index is 0.0990. The zero-order chi connectivity index (χ0) is 10.3. The molecule has 1 saturated carbocycles. The van der Waals surface area contributed by atoms with Gasteiger partial charge in [0.15, 0.2) is 0 Å². The Balaban J connectivity index is 2.47. The Labute approximate surface area is 89.5 Å². The van der Waals surface area contributed by atoms with Crippen molar-refractivity contribution < 1.29 is 15.0 Å². The van der Waals surface area contributed by atoms with Crippen molar-refractivity contribution in [1.29, 1.82) is 0 Å². The lowest BCUT2D eigenvalue weighted by Crippen LogP contribution is -2.19. The molecule has 14 heavy (non-hydrogen) atoms. The smallest absolute Gasteiger partial charge is 0.314 e. The molecule has 1 fully saturated rings. The van der Waals surface area contributed by atoms with Crippen LogP contribution in [0.15, 0.2) is 22.7 Å². The Morgan fingerprint density at radius 2 is 2.00 bits per heavy atom. The average molecular weight is 257 g/mol. The van der Waals surface area contributed by atoms with E-state index in [1.807, 2.05) is 0 Å². The standard InChI is InChI=1S/C10H9BrO3/c11-7-3-6(4-8(12)5-7)10(1-2-10)9(13)14/h3-5,12H,1-2H2,(H,13,14). The normalized spacial score (nSPS) is 17.8. The van der Waals surface area contributed by atoms with E-state index < -0.39 is 11.4 Å². The lowest BCUT2D eigenvalue weighted by atomic mass is 9.96. The van der Waals surface area contributed by atoms with E-state index in [9.17, 15) is 9.90 Å². The van der Waals surface area contributed by atoms with E-state index in [1.165, 1.54) is 6.07 Å². The first-order valence-corrected chi connectivity index (χ1v) is 5.07. The number of phenols is 1. The average Bonchev–Trinajstić information content (AvgIpc) is 2.81. The summed E-state index contributed by atoms with van der Waals surface area (Å²) < 4.78 is 0.708. The van der Waals surface area contributed by atoms with Gasteiger partial charge in [0.2, 0.25) is 0 Å². The van der Waals surface area contributed by atoms with Crippen LogP contribution in [-0.4, -0.2) is 16.2 Å². The van der Waals surface area contributed by atoms with E-state index in [2.05, 4.69) is 15.9 Å². The quantitative estimate of drug-likeness (QED) is 0.854. The summed E-state index contributed by atoms with van der Waals surface area (Å²) in [4.78, 5) is 11.0. The Hall–Kier alpha value is -1.03. The second-order valence-corrected chi connectivity index (χ2v) is 4.50. The summed E-state index contributed by atoms with van der Waals surface area (Å²) in [6.45, 7) is 0. The van der Waals surface area contributed by atoms with Crippen LogP contribution in [0, 0.1) is 0 Å². The van der Waals surface area contributed by atoms with Crippen LogP contribution in [0.3, 0.4) is 0 Å². The molecule has 1 aromatic rings. The molecule has 1 aliphatic rings. The van der Waals surface area contributed by atoms with Crippen LogP contribution >= 0.6 is 15.9 Å². The highest BCUT2D eigenvalue weighted by molar-refractivity contribution is 9.10. The Kier molecular flexibility index (Phi) is 2.03. The monoisotopic (exact) mass is 256 g/mol. The van der Waals surface area contributed by atoms with Gasteiger partial charge in [-0.1, -0.05) is 15.9 Å². The Morgan fingerprint density at radius 1 is 1.36 bits per heavy atom. The maximum atomic E-state index is 11.0. The van der Waals surface area contributed by atoms with Crippen LogP contribution in [0.2, 0.25) is 0 Å². The zero-order valence-electron chi connectivity index (χ0n) is 7.33. The number of benzene rings is 1. The molecule has 74 valence electrons. The first kappa shape index (κ1) is 9.52. The molecule has 0 spiro atoms. The van der Waals surface area contributed by atoms with Crippen molar-refractivity contribution >= 4 is 21.9 Å². The summed E-state index contributed by atoms with van der Waals surface area (Å²) in [6, 6.07) is 4.81. The molecule has 4 heteroatoms. The summed E-state index contributed by atoms with van der Waals surface area (Å²) in [5, 5.41) is 18.4. The molecular weight excluding hydrogens is 248 g/mol. The molecule has 0 atom stereocenters. The summed E-state index contributed by atoms with van der Waals surface area (Å²) in [6.07, 6.45) is 1.30. The van der Waals surface area contributed by atoms with Crippen molar-refractivity contribution in [3.63, 3.8) is 0 Å². The second-order valence-electron chi connectivity index (χ2n) is 3.59. The van der Waals surface area contributed by atoms with E-state index in [1.54, 1.807) is 12.1 Å². The molecule has 2 N–H and O–H groups in total. The van der Waals surface area contributed by atoms with Gasteiger partial charge in [0.1, 0.15) is 5.75 Å².